The Hall–Kier alpha value is -0.860. The van der Waals surface area contributed by atoms with E-state index in [1.807, 2.05) is 0 Å². The standard InChI is InChI=1S/C8H15F3N4O/c1-6(2)4-16-7(15-13,8(9,10)11)3-5(6)14-12/h15H,3-4,12-13H2,1-2H3/b14-5-. The second-order valence-corrected chi connectivity index (χ2v) is 4.39. The van der Waals surface area contributed by atoms with E-state index in [2.05, 4.69) is 5.10 Å². The summed E-state index contributed by atoms with van der Waals surface area (Å²) in [5.41, 5.74) is -1.33. The number of alkyl halides is 3. The average Bonchev–Trinajstić information content (AvgIpc) is 2.16. The van der Waals surface area contributed by atoms with Crippen molar-refractivity contribution in [3.63, 3.8) is 0 Å². The van der Waals surface area contributed by atoms with Crippen LogP contribution in [0.15, 0.2) is 5.10 Å². The lowest BCUT2D eigenvalue weighted by molar-refractivity contribution is -0.298. The second-order valence-electron chi connectivity index (χ2n) is 4.39. The lowest BCUT2D eigenvalue weighted by atomic mass is 9.81. The van der Waals surface area contributed by atoms with Gasteiger partial charge in [-0.05, 0) is 0 Å². The molecule has 0 aromatic carbocycles. The van der Waals surface area contributed by atoms with Crippen molar-refractivity contribution in [2.24, 2.45) is 22.2 Å². The predicted molar refractivity (Wildman–Crippen MR) is 52.1 cm³/mol. The van der Waals surface area contributed by atoms with E-state index < -0.39 is 23.7 Å². The van der Waals surface area contributed by atoms with Gasteiger partial charge in [0.1, 0.15) is 0 Å². The molecular formula is C8H15F3N4O. The molecule has 5 N–H and O–H groups in total. The molecule has 5 nitrogen and oxygen atoms in total. The zero-order valence-corrected chi connectivity index (χ0v) is 9.06. The number of nitrogens with two attached hydrogens (primary N) is 2. The molecule has 1 aliphatic heterocycles. The van der Waals surface area contributed by atoms with Crippen LogP contribution in [0, 0.1) is 5.41 Å². The van der Waals surface area contributed by atoms with Crippen LogP contribution < -0.4 is 17.1 Å². The van der Waals surface area contributed by atoms with Crippen LogP contribution >= 0.6 is 0 Å². The Bertz CT molecular complexity index is 302. The van der Waals surface area contributed by atoms with Crippen LogP contribution in [-0.4, -0.2) is 24.2 Å². The summed E-state index contributed by atoms with van der Waals surface area (Å²) in [6.45, 7) is 3.25. The van der Waals surface area contributed by atoms with Crippen molar-refractivity contribution in [3.8, 4) is 0 Å². The molecule has 0 aromatic rings. The summed E-state index contributed by atoms with van der Waals surface area (Å²) in [5, 5.41) is 3.40. The third-order valence-electron chi connectivity index (χ3n) is 2.72. The van der Waals surface area contributed by atoms with E-state index in [9.17, 15) is 13.2 Å². The number of ether oxygens (including phenoxy) is 1. The van der Waals surface area contributed by atoms with Gasteiger partial charge in [-0.15, -0.1) is 0 Å². The van der Waals surface area contributed by atoms with Gasteiger partial charge < -0.3 is 10.6 Å². The van der Waals surface area contributed by atoms with E-state index in [1.54, 1.807) is 19.3 Å². The largest absolute Gasteiger partial charge is 0.432 e. The molecule has 1 heterocycles. The molecule has 16 heavy (non-hydrogen) atoms. The van der Waals surface area contributed by atoms with E-state index in [4.69, 9.17) is 16.4 Å². The van der Waals surface area contributed by atoms with Crippen LogP contribution in [0.1, 0.15) is 20.3 Å². The first-order valence-electron chi connectivity index (χ1n) is 4.64. The molecule has 0 bridgehead atoms. The van der Waals surface area contributed by atoms with E-state index in [-0.39, 0.29) is 12.3 Å². The smallest absolute Gasteiger partial charge is 0.350 e. The summed E-state index contributed by atoms with van der Waals surface area (Å²) in [6, 6.07) is 0. The summed E-state index contributed by atoms with van der Waals surface area (Å²) >= 11 is 0. The molecular weight excluding hydrogens is 225 g/mol. The van der Waals surface area contributed by atoms with E-state index >= 15 is 0 Å². The van der Waals surface area contributed by atoms with Crippen LogP contribution in [0.4, 0.5) is 13.2 Å². The van der Waals surface area contributed by atoms with Gasteiger partial charge in [0.05, 0.1) is 12.3 Å². The van der Waals surface area contributed by atoms with Crippen LogP contribution in [0.2, 0.25) is 0 Å². The molecule has 1 fully saturated rings. The molecule has 1 unspecified atom stereocenters. The van der Waals surface area contributed by atoms with Crippen molar-refractivity contribution >= 4 is 5.71 Å². The normalized spacial score (nSPS) is 33.0. The number of rotatable bonds is 1. The van der Waals surface area contributed by atoms with Crippen molar-refractivity contribution in [2.75, 3.05) is 6.61 Å². The highest BCUT2D eigenvalue weighted by atomic mass is 19.4. The Morgan fingerprint density at radius 2 is 2.00 bits per heavy atom. The molecule has 1 saturated heterocycles. The first-order chi connectivity index (χ1) is 7.18. The van der Waals surface area contributed by atoms with Gasteiger partial charge in [0.2, 0.25) is 5.72 Å². The fraction of sp³-hybridized carbons (Fsp3) is 0.875. The Kier molecular flexibility index (Phi) is 3.19. The fourth-order valence-electron chi connectivity index (χ4n) is 1.49. The van der Waals surface area contributed by atoms with Gasteiger partial charge in [0, 0.05) is 11.8 Å². The zero-order valence-electron chi connectivity index (χ0n) is 9.06. The number of hydrazine groups is 1. The van der Waals surface area contributed by atoms with Gasteiger partial charge in [0.25, 0.3) is 0 Å². The molecule has 0 spiro atoms. The summed E-state index contributed by atoms with van der Waals surface area (Å²) in [4.78, 5) is 0. The highest BCUT2D eigenvalue weighted by Gasteiger charge is 2.60. The van der Waals surface area contributed by atoms with Crippen LogP contribution in [-0.2, 0) is 4.74 Å². The minimum absolute atomic E-state index is 0.160. The average molecular weight is 240 g/mol. The van der Waals surface area contributed by atoms with Gasteiger partial charge in [-0.2, -0.15) is 18.3 Å². The number of hydrogen-bond acceptors (Lipinski definition) is 5. The highest BCUT2D eigenvalue weighted by molar-refractivity contribution is 5.91. The van der Waals surface area contributed by atoms with Crippen LogP contribution in [0.3, 0.4) is 0 Å². The third-order valence-corrected chi connectivity index (χ3v) is 2.72. The Labute approximate surface area is 91.0 Å². The van der Waals surface area contributed by atoms with Gasteiger partial charge in [0.15, 0.2) is 0 Å². The first kappa shape index (κ1) is 13.2. The summed E-state index contributed by atoms with van der Waals surface area (Å²) < 4.78 is 43.2. The summed E-state index contributed by atoms with van der Waals surface area (Å²) in [6.07, 6.45) is -5.15. The van der Waals surface area contributed by atoms with E-state index in [1.165, 1.54) is 0 Å². The molecule has 0 amide bonds. The Balaban J connectivity index is 3.04. The molecule has 0 radical (unpaired) electrons. The SMILES string of the molecule is CC1(C)COC(NN)(C(F)(F)F)C/C1=N/N. The molecule has 8 heteroatoms. The van der Waals surface area contributed by atoms with Crippen molar-refractivity contribution in [2.45, 2.75) is 32.2 Å². The summed E-state index contributed by atoms with van der Waals surface area (Å²) in [5.74, 6) is 10.0. The third kappa shape index (κ3) is 2.00. The van der Waals surface area contributed by atoms with E-state index in [0.717, 1.165) is 0 Å². The van der Waals surface area contributed by atoms with Crippen molar-refractivity contribution in [1.82, 2.24) is 5.43 Å². The number of hydrazone groups is 1. The highest BCUT2D eigenvalue weighted by Crippen LogP contribution is 2.41. The molecule has 1 atom stereocenters. The second kappa shape index (κ2) is 3.86. The first-order valence-corrected chi connectivity index (χ1v) is 4.64. The van der Waals surface area contributed by atoms with Crippen LogP contribution in [0.25, 0.3) is 0 Å². The van der Waals surface area contributed by atoms with Gasteiger partial charge in [-0.25, -0.2) is 5.43 Å². The molecule has 94 valence electrons. The van der Waals surface area contributed by atoms with Crippen molar-refractivity contribution < 1.29 is 17.9 Å². The summed E-state index contributed by atoms with van der Waals surface area (Å²) in [7, 11) is 0. The van der Waals surface area contributed by atoms with Crippen molar-refractivity contribution in [1.29, 1.82) is 0 Å². The Morgan fingerprint density at radius 1 is 1.44 bits per heavy atom. The lowest BCUT2D eigenvalue weighted by Gasteiger charge is -2.44. The quantitative estimate of drug-likeness (QED) is 0.459. The van der Waals surface area contributed by atoms with Gasteiger partial charge >= 0.3 is 6.18 Å². The lowest BCUT2D eigenvalue weighted by Crippen LogP contribution is -2.66. The number of nitrogens with one attached hydrogen (secondary N) is 1. The number of halogens is 3. The molecule has 0 aromatic heterocycles. The maximum atomic E-state index is 12.8. The van der Waals surface area contributed by atoms with Gasteiger partial charge in [-0.3, -0.25) is 5.84 Å². The molecule has 0 saturated carbocycles. The predicted octanol–water partition coefficient (Wildman–Crippen LogP) is 0.470. The molecule has 1 aliphatic rings. The Morgan fingerprint density at radius 3 is 2.38 bits per heavy atom. The maximum Gasteiger partial charge on any atom is 0.432 e. The topological polar surface area (TPSA) is 85.7 Å². The maximum absolute atomic E-state index is 12.8. The molecule has 1 rings (SSSR count). The number of hydrogen-bond donors (Lipinski definition) is 3. The zero-order chi connectivity index (χ0) is 12.6. The molecule has 0 aliphatic carbocycles. The van der Waals surface area contributed by atoms with E-state index in [0.29, 0.717) is 0 Å². The minimum atomic E-state index is -4.63. The van der Waals surface area contributed by atoms with Crippen molar-refractivity contribution in [3.05, 3.63) is 0 Å². The monoisotopic (exact) mass is 240 g/mol. The van der Waals surface area contributed by atoms with Gasteiger partial charge in [-0.1, -0.05) is 13.8 Å². The minimum Gasteiger partial charge on any atom is -0.350 e. The fourth-order valence-corrected chi connectivity index (χ4v) is 1.49. The number of nitrogens with zero attached hydrogens (tertiary/aromatic N) is 1. The van der Waals surface area contributed by atoms with Crippen LogP contribution in [0.5, 0.6) is 0 Å².